The molecule has 22 heavy (non-hydrogen) atoms. The van der Waals surface area contributed by atoms with Gasteiger partial charge in [-0.3, -0.25) is 4.79 Å². The molecule has 2 aromatic rings. The van der Waals surface area contributed by atoms with E-state index in [4.69, 9.17) is 0 Å². The predicted octanol–water partition coefficient (Wildman–Crippen LogP) is 4.55. The zero-order valence-electron chi connectivity index (χ0n) is 12.8. The molecule has 5 heteroatoms. The number of rotatable bonds is 6. The van der Waals surface area contributed by atoms with Gasteiger partial charge in [-0.05, 0) is 48.7 Å². The van der Waals surface area contributed by atoms with E-state index in [-0.39, 0.29) is 5.91 Å². The van der Waals surface area contributed by atoms with Crippen molar-refractivity contribution in [1.82, 2.24) is 4.98 Å². The van der Waals surface area contributed by atoms with Gasteiger partial charge in [-0.15, -0.1) is 0 Å². The second-order valence-corrected chi connectivity index (χ2v) is 6.42. The molecule has 0 aliphatic rings. The van der Waals surface area contributed by atoms with Gasteiger partial charge in [0.1, 0.15) is 5.82 Å². The minimum absolute atomic E-state index is 0.144. The Morgan fingerprint density at radius 2 is 1.91 bits per heavy atom. The molecule has 116 valence electrons. The van der Waals surface area contributed by atoms with Crippen molar-refractivity contribution in [1.29, 1.82) is 0 Å². The van der Waals surface area contributed by atoms with Crippen molar-refractivity contribution in [2.24, 2.45) is 5.92 Å². The second kappa shape index (κ2) is 7.94. The highest BCUT2D eigenvalue weighted by Crippen LogP contribution is 2.14. The van der Waals surface area contributed by atoms with Crippen LogP contribution >= 0.6 is 15.9 Å². The minimum atomic E-state index is -0.144. The molecule has 0 saturated carbocycles. The third-order valence-electron chi connectivity index (χ3n) is 3.16. The monoisotopic (exact) mass is 361 g/mol. The van der Waals surface area contributed by atoms with Crippen LogP contribution in [0.4, 0.5) is 11.5 Å². The number of hydrogen-bond acceptors (Lipinski definition) is 3. The molecule has 0 unspecified atom stereocenters. The Balaban J connectivity index is 1.90. The van der Waals surface area contributed by atoms with Crippen molar-refractivity contribution >= 4 is 33.3 Å². The summed E-state index contributed by atoms with van der Waals surface area (Å²) in [5.74, 6) is 1.34. The molecule has 4 nitrogen and oxygen atoms in total. The van der Waals surface area contributed by atoms with Crippen LogP contribution in [0, 0.1) is 5.92 Å². The molecule has 1 heterocycles. The summed E-state index contributed by atoms with van der Waals surface area (Å²) in [6.45, 7) is 5.28. The fourth-order valence-electron chi connectivity index (χ4n) is 1.87. The highest BCUT2D eigenvalue weighted by Gasteiger charge is 2.06. The lowest BCUT2D eigenvalue weighted by molar-refractivity contribution is 0.102. The van der Waals surface area contributed by atoms with Crippen LogP contribution in [0.25, 0.3) is 0 Å². The maximum atomic E-state index is 12.1. The Kier molecular flexibility index (Phi) is 5.95. The largest absolute Gasteiger partial charge is 0.370 e. The van der Waals surface area contributed by atoms with E-state index in [0.29, 0.717) is 17.2 Å². The first kappa shape index (κ1) is 16.5. The van der Waals surface area contributed by atoms with Crippen LogP contribution in [0.5, 0.6) is 0 Å². The molecule has 2 rings (SSSR count). The van der Waals surface area contributed by atoms with Crippen molar-refractivity contribution < 1.29 is 4.79 Å². The lowest BCUT2D eigenvalue weighted by atomic mass is 10.1. The molecule has 1 amide bonds. The van der Waals surface area contributed by atoms with E-state index in [1.165, 1.54) is 0 Å². The van der Waals surface area contributed by atoms with Crippen molar-refractivity contribution in [2.75, 3.05) is 17.2 Å². The number of amides is 1. The number of nitrogens with zero attached hydrogens (tertiary/aromatic N) is 1. The number of hydrogen-bond donors (Lipinski definition) is 2. The third kappa shape index (κ3) is 5.15. The smallest absolute Gasteiger partial charge is 0.255 e. The number of benzene rings is 1. The van der Waals surface area contributed by atoms with Gasteiger partial charge in [-0.25, -0.2) is 4.98 Å². The second-order valence-electron chi connectivity index (χ2n) is 5.50. The summed E-state index contributed by atoms with van der Waals surface area (Å²) in [7, 11) is 0. The molecule has 2 N–H and O–H groups in total. The summed E-state index contributed by atoms with van der Waals surface area (Å²) in [6.07, 6.45) is 2.76. The van der Waals surface area contributed by atoms with E-state index < -0.39 is 0 Å². The van der Waals surface area contributed by atoms with Gasteiger partial charge in [0.15, 0.2) is 0 Å². The summed E-state index contributed by atoms with van der Waals surface area (Å²) >= 11 is 3.35. The Morgan fingerprint density at radius 1 is 1.18 bits per heavy atom. The standard InChI is InChI=1S/C17H20BrN3O/c1-12(2)9-10-19-16-8-7-15(11-20-16)21-17(22)13-3-5-14(18)6-4-13/h3-8,11-12H,9-10H2,1-2H3,(H,19,20)(H,21,22). The molecule has 0 atom stereocenters. The third-order valence-corrected chi connectivity index (χ3v) is 3.68. The summed E-state index contributed by atoms with van der Waals surface area (Å²) in [5, 5.41) is 6.10. The molecule has 0 aliphatic heterocycles. The van der Waals surface area contributed by atoms with Gasteiger partial charge >= 0.3 is 0 Å². The number of nitrogens with one attached hydrogen (secondary N) is 2. The van der Waals surface area contributed by atoms with Gasteiger partial charge in [-0.2, -0.15) is 0 Å². The predicted molar refractivity (Wildman–Crippen MR) is 94.3 cm³/mol. The highest BCUT2D eigenvalue weighted by molar-refractivity contribution is 9.10. The van der Waals surface area contributed by atoms with Crippen molar-refractivity contribution in [3.63, 3.8) is 0 Å². The van der Waals surface area contributed by atoms with Crippen molar-refractivity contribution in [3.8, 4) is 0 Å². The number of carbonyl (C=O) groups excluding carboxylic acids is 1. The van der Waals surface area contributed by atoms with Crippen LogP contribution in [0.1, 0.15) is 30.6 Å². The molecule has 0 aliphatic carbocycles. The normalized spacial score (nSPS) is 10.5. The quantitative estimate of drug-likeness (QED) is 0.792. The number of anilines is 2. The molecule has 1 aromatic carbocycles. The van der Waals surface area contributed by atoms with Gasteiger partial charge in [0, 0.05) is 16.6 Å². The molecular formula is C17H20BrN3O. The van der Waals surface area contributed by atoms with Crippen molar-refractivity contribution in [3.05, 3.63) is 52.6 Å². The van der Waals surface area contributed by atoms with Gasteiger partial charge in [0.2, 0.25) is 0 Å². The Hall–Kier alpha value is -1.88. The van der Waals surface area contributed by atoms with E-state index >= 15 is 0 Å². The zero-order valence-corrected chi connectivity index (χ0v) is 14.4. The van der Waals surface area contributed by atoms with Crippen LogP contribution in [0.2, 0.25) is 0 Å². The average Bonchev–Trinajstić information content (AvgIpc) is 2.49. The Morgan fingerprint density at radius 3 is 2.50 bits per heavy atom. The van der Waals surface area contributed by atoms with Crippen LogP contribution in [0.15, 0.2) is 47.1 Å². The lowest BCUT2D eigenvalue weighted by Crippen LogP contribution is -2.12. The minimum Gasteiger partial charge on any atom is -0.370 e. The van der Waals surface area contributed by atoms with Gasteiger partial charge in [0.05, 0.1) is 11.9 Å². The van der Waals surface area contributed by atoms with Crippen LogP contribution in [-0.2, 0) is 0 Å². The summed E-state index contributed by atoms with van der Waals surface area (Å²) in [6, 6.07) is 11.0. The maximum absolute atomic E-state index is 12.1. The fourth-order valence-corrected chi connectivity index (χ4v) is 2.13. The topological polar surface area (TPSA) is 54.0 Å². The summed E-state index contributed by atoms with van der Waals surface area (Å²) in [5.41, 5.74) is 1.30. The number of aromatic nitrogens is 1. The highest BCUT2D eigenvalue weighted by atomic mass is 79.9. The molecule has 0 radical (unpaired) electrons. The van der Waals surface area contributed by atoms with Crippen LogP contribution in [-0.4, -0.2) is 17.4 Å². The summed E-state index contributed by atoms with van der Waals surface area (Å²) in [4.78, 5) is 16.4. The number of pyridine rings is 1. The Labute approximate surface area is 139 Å². The van der Waals surface area contributed by atoms with E-state index in [1.54, 1.807) is 18.3 Å². The van der Waals surface area contributed by atoms with Crippen LogP contribution < -0.4 is 10.6 Å². The first-order valence-corrected chi connectivity index (χ1v) is 8.11. The molecule has 0 spiro atoms. The molecule has 0 bridgehead atoms. The maximum Gasteiger partial charge on any atom is 0.255 e. The zero-order chi connectivity index (χ0) is 15.9. The molecule has 0 saturated heterocycles. The van der Waals surface area contributed by atoms with E-state index in [9.17, 15) is 4.79 Å². The molecular weight excluding hydrogens is 342 g/mol. The van der Waals surface area contributed by atoms with Crippen LogP contribution in [0.3, 0.4) is 0 Å². The lowest BCUT2D eigenvalue weighted by Gasteiger charge is -2.09. The summed E-state index contributed by atoms with van der Waals surface area (Å²) < 4.78 is 0.947. The van der Waals surface area contributed by atoms with E-state index in [0.717, 1.165) is 23.3 Å². The van der Waals surface area contributed by atoms with Crippen molar-refractivity contribution in [2.45, 2.75) is 20.3 Å². The molecule has 1 aromatic heterocycles. The van der Waals surface area contributed by atoms with Gasteiger partial charge in [0.25, 0.3) is 5.91 Å². The van der Waals surface area contributed by atoms with E-state index in [1.807, 2.05) is 24.3 Å². The SMILES string of the molecule is CC(C)CCNc1ccc(NC(=O)c2ccc(Br)cc2)cn1. The fraction of sp³-hybridized carbons (Fsp3) is 0.294. The average molecular weight is 362 g/mol. The Bertz CT molecular complexity index is 609. The molecule has 0 fully saturated rings. The first-order valence-electron chi connectivity index (χ1n) is 7.31. The number of carbonyl (C=O) groups is 1. The number of halogens is 1. The van der Waals surface area contributed by atoms with E-state index in [2.05, 4.69) is 45.4 Å². The van der Waals surface area contributed by atoms with Gasteiger partial charge < -0.3 is 10.6 Å². The van der Waals surface area contributed by atoms with Gasteiger partial charge in [-0.1, -0.05) is 29.8 Å². The first-order chi connectivity index (χ1) is 10.5.